The molecule has 0 bridgehead atoms. The summed E-state index contributed by atoms with van der Waals surface area (Å²) in [6.45, 7) is 4.00. The SMILES string of the molecule is CC.[NH3+]c1c(F)ccc(F)c1O. The molecule has 0 spiro atoms. The summed E-state index contributed by atoms with van der Waals surface area (Å²) in [5, 5.41) is 8.71. The number of hydrogen-bond acceptors (Lipinski definition) is 1. The van der Waals surface area contributed by atoms with Crippen molar-refractivity contribution in [3.63, 3.8) is 0 Å². The molecule has 4 N–H and O–H groups in total. The minimum absolute atomic E-state index is 0.306. The van der Waals surface area contributed by atoms with Crippen LogP contribution in [0.15, 0.2) is 12.1 Å². The summed E-state index contributed by atoms with van der Waals surface area (Å²) in [5.41, 5.74) is 2.81. The number of phenolic OH excluding ortho intramolecular Hbond substituents is 1. The third-order valence-electron chi connectivity index (χ3n) is 1.18. The zero-order valence-corrected chi connectivity index (χ0v) is 7.06. The first-order valence-corrected chi connectivity index (χ1v) is 3.62. The second-order valence-electron chi connectivity index (χ2n) is 1.86. The lowest BCUT2D eigenvalue weighted by Gasteiger charge is -1.95. The lowest BCUT2D eigenvalue weighted by atomic mass is 10.3. The van der Waals surface area contributed by atoms with Crippen molar-refractivity contribution in [1.82, 2.24) is 0 Å². The van der Waals surface area contributed by atoms with Gasteiger partial charge in [0, 0.05) is 0 Å². The molecule has 0 amide bonds. The van der Waals surface area contributed by atoms with Gasteiger partial charge in [-0.2, -0.15) is 0 Å². The summed E-state index contributed by atoms with van der Waals surface area (Å²) >= 11 is 0. The van der Waals surface area contributed by atoms with E-state index in [0.29, 0.717) is 0 Å². The number of phenols is 1. The van der Waals surface area contributed by atoms with Gasteiger partial charge in [-0.15, -0.1) is 0 Å². The Labute approximate surface area is 69.6 Å². The molecule has 68 valence electrons. The van der Waals surface area contributed by atoms with Crippen molar-refractivity contribution in [3.8, 4) is 5.75 Å². The summed E-state index contributed by atoms with van der Waals surface area (Å²) in [6, 6.07) is 1.76. The van der Waals surface area contributed by atoms with Crippen LogP contribution in [0.1, 0.15) is 13.8 Å². The molecule has 1 rings (SSSR count). The highest BCUT2D eigenvalue weighted by Gasteiger charge is 2.11. The van der Waals surface area contributed by atoms with Gasteiger partial charge in [0.25, 0.3) is 0 Å². The van der Waals surface area contributed by atoms with E-state index < -0.39 is 17.4 Å². The number of hydrogen-bond donors (Lipinski definition) is 2. The highest BCUT2D eigenvalue weighted by Crippen LogP contribution is 2.23. The fraction of sp³-hybridized carbons (Fsp3) is 0.250. The van der Waals surface area contributed by atoms with Crippen LogP contribution in [-0.2, 0) is 0 Å². The first-order chi connectivity index (χ1) is 5.63. The van der Waals surface area contributed by atoms with Crippen LogP contribution in [0.25, 0.3) is 0 Å². The van der Waals surface area contributed by atoms with Crippen LogP contribution in [0.2, 0.25) is 0 Å². The largest absolute Gasteiger partial charge is 0.501 e. The van der Waals surface area contributed by atoms with Crippen LogP contribution in [0.3, 0.4) is 0 Å². The van der Waals surface area contributed by atoms with Crippen LogP contribution in [0.4, 0.5) is 14.5 Å². The van der Waals surface area contributed by atoms with Crippen LogP contribution in [0.5, 0.6) is 5.75 Å². The van der Waals surface area contributed by atoms with Crippen molar-refractivity contribution in [1.29, 1.82) is 0 Å². The molecule has 0 aliphatic heterocycles. The molecule has 0 unspecified atom stereocenters. The van der Waals surface area contributed by atoms with Crippen molar-refractivity contribution < 1.29 is 19.6 Å². The van der Waals surface area contributed by atoms with E-state index in [-0.39, 0.29) is 5.69 Å². The van der Waals surface area contributed by atoms with Gasteiger partial charge in [0.15, 0.2) is 11.6 Å². The highest BCUT2D eigenvalue weighted by molar-refractivity contribution is 5.45. The molecule has 0 atom stereocenters. The van der Waals surface area contributed by atoms with Gasteiger partial charge in [-0.25, -0.2) is 8.78 Å². The van der Waals surface area contributed by atoms with Crippen LogP contribution in [-0.4, -0.2) is 5.11 Å². The van der Waals surface area contributed by atoms with E-state index >= 15 is 0 Å². The standard InChI is InChI=1S/C6H5F2NO.C2H6/c7-3-1-2-4(8)6(10)5(3)9;1-2/h1-2,10H,9H2;1-2H3/p+1. The summed E-state index contributed by atoms with van der Waals surface area (Å²) in [7, 11) is 0. The van der Waals surface area contributed by atoms with E-state index in [4.69, 9.17) is 5.11 Å². The smallest absolute Gasteiger partial charge is 0.216 e. The maximum atomic E-state index is 12.4. The highest BCUT2D eigenvalue weighted by atomic mass is 19.1. The number of quaternary nitrogens is 1. The Morgan fingerprint density at radius 1 is 1.17 bits per heavy atom. The Morgan fingerprint density at radius 3 is 2.00 bits per heavy atom. The fourth-order valence-corrected chi connectivity index (χ4v) is 0.583. The Hall–Kier alpha value is -1.16. The molecule has 0 fully saturated rings. The van der Waals surface area contributed by atoms with Gasteiger partial charge in [0.05, 0.1) is 0 Å². The molecule has 1 aromatic rings. The van der Waals surface area contributed by atoms with E-state index in [2.05, 4.69) is 5.73 Å². The van der Waals surface area contributed by atoms with Gasteiger partial charge in [0.2, 0.25) is 11.4 Å². The molecule has 0 radical (unpaired) electrons. The minimum Gasteiger partial charge on any atom is -0.501 e. The zero-order chi connectivity index (χ0) is 9.72. The van der Waals surface area contributed by atoms with Crippen LogP contribution in [0, 0.1) is 11.6 Å². The first kappa shape index (κ1) is 10.8. The third-order valence-corrected chi connectivity index (χ3v) is 1.18. The second-order valence-corrected chi connectivity index (χ2v) is 1.86. The van der Waals surface area contributed by atoms with Crippen molar-refractivity contribution in [3.05, 3.63) is 23.8 Å². The molecule has 4 heteroatoms. The van der Waals surface area contributed by atoms with E-state index in [0.717, 1.165) is 12.1 Å². The lowest BCUT2D eigenvalue weighted by Crippen LogP contribution is -2.41. The number of aromatic hydroxyl groups is 1. The molecule has 0 saturated heterocycles. The molecule has 0 aromatic heterocycles. The van der Waals surface area contributed by atoms with Gasteiger partial charge in [-0.3, -0.25) is 0 Å². The number of halogens is 2. The first-order valence-electron chi connectivity index (χ1n) is 3.62. The van der Waals surface area contributed by atoms with E-state index in [9.17, 15) is 8.78 Å². The Morgan fingerprint density at radius 2 is 1.58 bits per heavy atom. The topological polar surface area (TPSA) is 47.9 Å². The molecule has 1 aromatic carbocycles. The van der Waals surface area contributed by atoms with Crippen LogP contribution >= 0.6 is 0 Å². The normalized spacial score (nSPS) is 8.75. The molecule has 2 nitrogen and oxygen atoms in total. The van der Waals surface area contributed by atoms with Crippen molar-refractivity contribution in [2.45, 2.75) is 13.8 Å². The molecular weight excluding hydrogens is 164 g/mol. The maximum Gasteiger partial charge on any atom is 0.216 e. The zero-order valence-electron chi connectivity index (χ0n) is 7.06. The third kappa shape index (κ3) is 2.17. The quantitative estimate of drug-likeness (QED) is 0.619. The van der Waals surface area contributed by atoms with Crippen LogP contribution < -0.4 is 5.73 Å². The van der Waals surface area contributed by atoms with Gasteiger partial charge in [-0.05, 0) is 12.1 Å². The summed E-state index contributed by atoms with van der Waals surface area (Å²) in [6.07, 6.45) is 0. The van der Waals surface area contributed by atoms with E-state index in [1.54, 1.807) is 0 Å². The van der Waals surface area contributed by atoms with Crippen molar-refractivity contribution in [2.75, 3.05) is 0 Å². The van der Waals surface area contributed by atoms with Crippen molar-refractivity contribution >= 4 is 5.69 Å². The molecule has 0 aliphatic rings. The fourth-order valence-electron chi connectivity index (χ4n) is 0.583. The average Bonchev–Trinajstić information content (AvgIpc) is 2.12. The number of rotatable bonds is 0. The molecule has 0 aliphatic carbocycles. The van der Waals surface area contributed by atoms with Gasteiger partial charge in [-0.1, -0.05) is 13.8 Å². The second kappa shape index (κ2) is 4.66. The summed E-state index contributed by atoms with van der Waals surface area (Å²) in [5.74, 6) is -2.29. The summed E-state index contributed by atoms with van der Waals surface area (Å²) < 4.78 is 24.7. The molecule has 12 heavy (non-hydrogen) atoms. The Balaban J connectivity index is 0.000000561. The average molecular weight is 176 g/mol. The maximum absolute atomic E-state index is 12.4. The Kier molecular flexibility index (Phi) is 4.21. The lowest BCUT2D eigenvalue weighted by molar-refractivity contribution is -0.260. The molecule has 0 saturated carbocycles. The summed E-state index contributed by atoms with van der Waals surface area (Å²) in [4.78, 5) is 0. The Bertz CT molecular complexity index is 236. The van der Waals surface area contributed by atoms with E-state index in [1.165, 1.54) is 0 Å². The van der Waals surface area contributed by atoms with Crippen molar-refractivity contribution in [2.24, 2.45) is 0 Å². The molecule has 0 heterocycles. The number of benzene rings is 1. The predicted molar refractivity (Wildman–Crippen MR) is 41.9 cm³/mol. The monoisotopic (exact) mass is 176 g/mol. The van der Waals surface area contributed by atoms with E-state index in [1.807, 2.05) is 13.8 Å². The minimum atomic E-state index is -0.855. The van der Waals surface area contributed by atoms with Gasteiger partial charge < -0.3 is 10.8 Å². The van der Waals surface area contributed by atoms with Gasteiger partial charge >= 0.3 is 0 Å². The predicted octanol–water partition coefficient (Wildman–Crippen LogP) is 1.57. The molecular formula is C8H12F2NO+. The van der Waals surface area contributed by atoms with Gasteiger partial charge in [0.1, 0.15) is 0 Å².